The van der Waals surface area contributed by atoms with Crippen LogP contribution >= 0.6 is 11.6 Å². The largest absolute Gasteiger partial charge is 0.396 e. The van der Waals surface area contributed by atoms with Crippen LogP contribution in [-0.4, -0.2) is 31.6 Å². The summed E-state index contributed by atoms with van der Waals surface area (Å²) in [6, 6.07) is 6.06. The topological polar surface area (TPSA) is 41.3 Å². The van der Waals surface area contributed by atoms with Crippen LogP contribution < -0.4 is 11.1 Å². The van der Waals surface area contributed by atoms with E-state index < -0.39 is 0 Å². The predicted molar refractivity (Wildman–Crippen MR) is 67.5 cm³/mol. The maximum absolute atomic E-state index is 5.92. The van der Waals surface area contributed by atoms with Crippen LogP contribution in [-0.2, 0) is 0 Å². The van der Waals surface area contributed by atoms with Crippen LogP contribution in [0.5, 0.6) is 0 Å². The third kappa shape index (κ3) is 3.29. The molecule has 0 amide bonds. The van der Waals surface area contributed by atoms with Crippen molar-refractivity contribution in [3.8, 4) is 0 Å². The van der Waals surface area contributed by atoms with Gasteiger partial charge >= 0.3 is 0 Å². The third-order valence-electron chi connectivity index (χ3n) is 2.52. The molecule has 0 saturated heterocycles. The molecule has 15 heavy (non-hydrogen) atoms. The van der Waals surface area contributed by atoms with Crippen molar-refractivity contribution in [2.45, 2.75) is 13.0 Å². The molecule has 0 aliphatic heterocycles. The number of nitrogens with zero attached hydrogens (tertiary/aromatic N) is 1. The summed E-state index contributed by atoms with van der Waals surface area (Å²) < 4.78 is 0. The van der Waals surface area contributed by atoms with Gasteiger partial charge in [-0.05, 0) is 33.2 Å². The van der Waals surface area contributed by atoms with E-state index in [0.717, 1.165) is 12.2 Å². The van der Waals surface area contributed by atoms with Gasteiger partial charge in [-0.3, -0.25) is 0 Å². The van der Waals surface area contributed by atoms with E-state index in [1.165, 1.54) is 0 Å². The van der Waals surface area contributed by atoms with Crippen LogP contribution in [0.3, 0.4) is 0 Å². The minimum Gasteiger partial charge on any atom is -0.396 e. The Hall–Kier alpha value is -0.930. The molecule has 1 aromatic rings. The van der Waals surface area contributed by atoms with Crippen molar-refractivity contribution in [3.63, 3.8) is 0 Å². The Morgan fingerprint density at radius 3 is 2.73 bits per heavy atom. The monoisotopic (exact) mass is 227 g/mol. The first-order valence-corrected chi connectivity index (χ1v) is 5.34. The van der Waals surface area contributed by atoms with E-state index in [1.54, 1.807) is 6.07 Å². The van der Waals surface area contributed by atoms with Gasteiger partial charge in [0, 0.05) is 12.6 Å². The number of nitrogens with one attached hydrogen (secondary N) is 1. The Kier molecular flexibility index (Phi) is 4.24. The molecule has 0 aromatic heterocycles. The predicted octanol–water partition coefficient (Wildman–Crippen LogP) is 2.28. The molecular weight excluding hydrogens is 210 g/mol. The van der Waals surface area contributed by atoms with Gasteiger partial charge in [0.2, 0.25) is 0 Å². The highest BCUT2D eigenvalue weighted by Crippen LogP contribution is 2.26. The molecule has 0 bridgehead atoms. The zero-order valence-electron chi connectivity index (χ0n) is 9.42. The fourth-order valence-electron chi connectivity index (χ4n) is 1.13. The van der Waals surface area contributed by atoms with Crippen LogP contribution in [0.25, 0.3) is 0 Å². The van der Waals surface area contributed by atoms with E-state index in [9.17, 15) is 0 Å². The molecule has 3 N–H and O–H groups in total. The van der Waals surface area contributed by atoms with Gasteiger partial charge in [-0.15, -0.1) is 0 Å². The molecule has 1 unspecified atom stereocenters. The van der Waals surface area contributed by atoms with Crippen LogP contribution in [0.2, 0.25) is 5.02 Å². The number of benzene rings is 1. The van der Waals surface area contributed by atoms with Gasteiger partial charge in [-0.2, -0.15) is 0 Å². The molecule has 0 aliphatic rings. The number of anilines is 2. The SMILES string of the molecule is CC(CNc1cccc(Cl)c1N)N(C)C. The van der Waals surface area contributed by atoms with Crippen molar-refractivity contribution >= 4 is 23.0 Å². The molecule has 4 heteroatoms. The summed E-state index contributed by atoms with van der Waals surface area (Å²) in [5.41, 5.74) is 7.35. The van der Waals surface area contributed by atoms with Gasteiger partial charge in [-0.25, -0.2) is 0 Å². The molecule has 84 valence electrons. The second-order valence-corrected chi connectivity index (χ2v) is 4.30. The number of para-hydroxylation sites is 1. The number of likely N-dealkylation sites (N-methyl/N-ethyl adjacent to an activating group) is 1. The lowest BCUT2D eigenvalue weighted by Crippen LogP contribution is -2.31. The summed E-state index contributed by atoms with van der Waals surface area (Å²) in [6.45, 7) is 2.99. The Morgan fingerprint density at radius 1 is 1.47 bits per heavy atom. The first-order valence-electron chi connectivity index (χ1n) is 4.96. The summed E-state index contributed by atoms with van der Waals surface area (Å²) in [5.74, 6) is 0. The fourth-order valence-corrected chi connectivity index (χ4v) is 1.31. The average Bonchev–Trinajstić information content (AvgIpc) is 2.19. The summed E-state index contributed by atoms with van der Waals surface area (Å²) in [4.78, 5) is 2.15. The Bertz CT molecular complexity index is 326. The van der Waals surface area contributed by atoms with Gasteiger partial charge in [0.05, 0.1) is 16.4 Å². The van der Waals surface area contributed by atoms with Crippen molar-refractivity contribution in [1.29, 1.82) is 0 Å². The van der Waals surface area contributed by atoms with Crippen molar-refractivity contribution in [3.05, 3.63) is 23.2 Å². The maximum atomic E-state index is 5.92. The molecular formula is C11H18ClN3. The normalized spacial score (nSPS) is 12.9. The highest BCUT2D eigenvalue weighted by molar-refractivity contribution is 6.33. The summed E-state index contributed by atoms with van der Waals surface area (Å²) in [5, 5.41) is 3.88. The highest BCUT2D eigenvalue weighted by Gasteiger charge is 2.06. The maximum Gasteiger partial charge on any atom is 0.0739 e. The standard InChI is InChI=1S/C11H18ClN3/c1-8(15(2)3)7-14-10-6-4-5-9(12)11(10)13/h4-6,8,14H,7,13H2,1-3H3. The van der Waals surface area contributed by atoms with Gasteiger partial charge in [-0.1, -0.05) is 17.7 Å². The van der Waals surface area contributed by atoms with Crippen LogP contribution in [0, 0.1) is 0 Å². The van der Waals surface area contributed by atoms with E-state index in [-0.39, 0.29) is 0 Å². The smallest absolute Gasteiger partial charge is 0.0739 e. The van der Waals surface area contributed by atoms with Gasteiger partial charge in [0.15, 0.2) is 0 Å². The molecule has 1 rings (SSSR count). The molecule has 0 spiro atoms. The minimum atomic E-state index is 0.448. The second kappa shape index (κ2) is 5.24. The van der Waals surface area contributed by atoms with E-state index >= 15 is 0 Å². The first kappa shape index (κ1) is 12.1. The highest BCUT2D eigenvalue weighted by atomic mass is 35.5. The quantitative estimate of drug-likeness (QED) is 0.776. The van der Waals surface area contributed by atoms with Crippen molar-refractivity contribution in [1.82, 2.24) is 4.90 Å². The number of nitrogens with two attached hydrogens (primary N) is 1. The Labute approximate surface area is 96.2 Å². The van der Waals surface area contributed by atoms with Crippen molar-refractivity contribution in [2.24, 2.45) is 0 Å². The first-order chi connectivity index (χ1) is 7.02. The van der Waals surface area contributed by atoms with Crippen LogP contribution in [0.4, 0.5) is 11.4 Å². The lowest BCUT2D eigenvalue weighted by atomic mass is 10.2. The summed E-state index contributed by atoms with van der Waals surface area (Å²) >= 11 is 5.92. The lowest BCUT2D eigenvalue weighted by Gasteiger charge is -2.21. The number of nitrogen functional groups attached to an aromatic ring is 1. The molecule has 0 heterocycles. The average molecular weight is 228 g/mol. The molecule has 3 nitrogen and oxygen atoms in total. The summed E-state index contributed by atoms with van der Waals surface area (Å²) in [6.07, 6.45) is 0. The molecule has 1 aromatic carbocycles. The second-order valence-electron chi connectivity index (χ2n) is 3.89. The van der Waals surface area contributed by atoms with E-state index in [2.05, 4.69) is 17.1 Å². The zero-order valence-corrected chi connectivity index (χ0v) is 10.2. The van der Waals surface area contributed by atoms with E-state index in [0.29, 0.717) is 16.8 Å². The van der Waals surface area contributed by atoms with Crippen LogP contribution in [0.1, 0.15) is 6.92 Å². The van der Waals surface area contributed by atoms with E-state index in [1.807, 2.05) is 26.2 Å². The number of hydrogen-bond donors (Lipinski definition) is 2. The van der Waals surface area contributed by atoms with Gasteiger partial charge in [0.1, 0.15) is 0 Å². The Morgan fingerprint density at radius 2 is 2.13 bits per heavy atom. The molecule has 0 fully saturated rings. The van der Waals surface area contributed by atoms with Gasteiger partial charge in [0.25, 0.3) is 0 Å². The minimum absolute atomic E-state index is 0.448. The molecule has 0 saturated carbocycles. The zero-order chi connectivity index (χ0) is 11.4. The van der Waals surface area contributed by atoms with Crippen molar-refractivity contribution in [2.75, 3.05) is 31.7 Å². The lowest BCUT2D eigenvalue weighted by molar-refractivity contribution is 0.326. The fraction of sp³-hybridized carbons (Fsp3) is 0.455. The molecule has 0 radical (unpaired) electrons. The van der Waals surface area contributed by atoms with Crippen molar-refractivity contribution < 1.29 is 0 Å². The van der Waals surface area contributed by atoms with Crippen LogP contribution in [0.15, 0.2) is 18.2 Å². The molecule has 1 atom stereocenters. The van der Waals surface area contributed by atoms with Gasteiger partial charge < -0.3 is 16.0 Å². The number of rotatable bonds is 4. The Balaban J connectivity index is 2.62. The molecule has 0 aliphatic carbocycles. The summed E-state index contributed by atoms with van der Waals surface area (Å²) in [7, 11) is 4.10. The number of hydrogen-bond acceptors (Lipinski definition) is 3. The number of halogens is 1. The third-order valence-corrected chi connectivity index (χ3v) is 2.85. The van der Waals surface area contributed by atoms with E-state index in [4.69, 9.17) is 17.3 Å².